The molecule has 0 saturated heterocycles. The molecule has 0 atom stereocenters. The fourth-order valence-electron chi connectivity index (χ4n) is 1.59. The molecule has 0 aromatic heterocycles. The molecule has 0 saturated carbocycles. The fraction of sp³-hybridized carbons (Fsp3) is 0.500. The number of hydrogen-bond donors (Lipinski definition) is 1. The van der Waals surface area contributed by atoms with Crippen molar-refractivity contribution in [3.63, 3.8) is 0 Å². The van der Waals surface area contributed by atoms with Gasteiger partial charge in [-0.05, 0) is 12.0 Å². The Morgan fingerprint density at radius 2 is 2.20 bits per heavy atom. The molecule has 1 rings (SSSR count). The first-order valence-electron chi connectivity index (χ1n) is 5.11. The van der Waals surface area contributed by atoms with Crippen molar-refractivity contribution < 1.29 is 9.59 Å². The molecule has 0 unspecified atom stereocenters. The number of rotatable bonds is 2. The third-order valence-corrected chi connectivity index (χ3v) is 2.60. The van der Waals surface area contributed by atoms with E-state index in [0.29, 0.717) is 24.1 Å². The van der Waals surface area contributed by atoms with E-state index >= 15 is 0 Å². The lowest BCUT2D eigenvalue weighted by Gasteiger charge is -2.32. The van der Waals surface area contributed by atoms with Crippen LogP contribution in [0.2, 0.25) is 0 Å². The minimum absolute atomic E-state index is 0.0605. The summed E-state index contributed by atoms with van der Waals surface area (Å²) in [4.78, 5) is 22.7. The smallest absolute Gasteiger partial charge is 0.223 e. The molecule has 0 aliphatic heterocycles. The van der Waals surface area contributed by atoms with Gasteiger partial charge in [-0.25, -0.2) is 0 Å². The second-order valence-electron chi connectivity index (χ2n) is 4.49. The summed E-state index contributed by atoms with van der Waals surface area (Å²) in [7, 11) is 0. The maximum atomic E-state index is 11.4. The molecule has 1 amide bonds. The predicted molar refractivity (Wildman–Crippen MR) is 59.1 cm³/mol. The first kappa shape index (κ1) is 11.7. The van der Waals surface area contributed by atoms with Crippen LogP contribution in [0.3, 0.4) is 0 Å². The van der Waals surface area contributed by atoms with Crippen molar-refractivity contribution in [2.45, 2.75) is 33.6 Å². The van der Waals surface area contributed by atoms with E-state index in [-0.39, 0.29) is 17.1 Å². The Balaban J connectivity index is 2.94. The van der Waals surface area contributed by atoms with E-state index in [9.17, 15) is 9.59 Å². The first-order valence-corrected chi connectivity index (χ1v) is 5.11. The van der Waals surface area contributed by atoms with Crippen molar-refractivity contribution >= 4 is 11.7 Å². The monoisotopic (exact) mass is 207 g/mol. The van der Waals surface area contributed by atoms with Crippen molar-refractivity contribution in [1.29, 1.82) is 0 Å². The van der Waals surface area contributed by atoms with E-state index in [1.807, 2.05) is 13.8 Å². The van der Waals surface area contributed by atoms with Crippen LogP contribution in [0.4, 0.5) is 0 Å². The number of nitrogens with one attached hydrogen (secondary N) is 1. The van der Waals surface area contributed by atoms with Gasteiger partial charge < -0.3 is 5.32 Å². The summed E-state index contributed by atoms with van der Waals surface area (Å²) in [6, 6.07) is 0. The van der Waals surface area contributed by atoms with Gasteiger partial charge >= 0.3 is 0 Å². The zero-order valence-corrected chi connectivity index (χ0v) is 9.52. The molecule has 82 valence electrons. The molecular formula is C12H17NO2. The Kier molecular flexibility index (Phi) is 3.12. The summed E-state index contributed by atoms with van der Waals surface area (Å²) in [5.41, 5.74) is 1.09. The number of amides is 1. The topological polar surface area (TPSA) is 46.2 Å². The quantitative estimate of drug-likeness (QED) is 0.703. The minimum atomic E-state index is -0.212. The van der Waals surface area contributed by atoms with E-state index < -0.39 is 0 Å². The Labute approximate surface area is 90.2 Å². The van der Waals surface area contributed by atoms with E-state index in [1.54, 1.807) is 6.92 Å². The van der Waals surface area contributed by atoms with Gasteiger partial charge in [-0.1, -0.05) is 27.4 Å². The van der Waals surface area contributed by atoms with E-state index in [1.165, 1.54) is 6.08 Å². The molecule has 0 bridgehead atoms. The zero-order valence-electron chi connectivity index (χ0n) is 9.52. The van der Waals surface area contributed by atoms with Crippen molar-refractivity contribution in [3.05, 3.63) is 23.9 Å². The third-order valence-electron chi connectivity index (χ3n) is 2.60. The summed E-state index contributed by atoms with van der Waals surface area (Å²) in [5.74, 6) is -0.143. The molecule has 1 N–H and O–H groups in total. The molecule has 3 heteroatoms. The Morgan fingerprint density at radius 3 is 2.73 bits per heavy atom. The molecule has 0 heterocycles. The summed E-state index contributed by atoms with van der Waals surface area (Å²) in [6.07, 6.45) is 2.50. The van der Waals surface area contributed by atoms with Crippen molar-refractivity contribution in [2.75, 3.05) is 0 Å². The average Bonchev–Trinajstić information content (AvgIpc) is 2.13. The largest absolute Gasteiger partial charge is 0.329 e. The molecule has 15 heavy (non-hydrogen) atoms. The fourth-order valence-corrected chi connectivity index (χ4v) is 1.59. The predicted octanol–water partition coefficient (Wildman–Crippen LogP) is 1.95. The van der Waals surface area contributed by atoms with Gasteiger partial charge in [0, 0.05) is 23.6 Å². The van der Waals surface area contributed by atoms with Crippen molar-refractivity contribution in [1.82, 2.24) is 5.32 Å². The van der Waals surface area contributed by atoms with Gasteiger partial charge in [-0.3, -0.25) is 9.59 Å². The van der Waals surface area contributed by atoms with Crippen LogP contribution in [0.15, 0.2) is 23.9 Å². The average molecular weight is 207 g/mol. The van der Waals surface area contributed by atoms with E-state index in [4.69, 9.17) is 0 Å². The van der Waals surface area contributed by atoms with Crippen LogP contribution in [0, 0.1) is 5.41 Å². The first-order chi connectivity index (χ1) is 6.86. The van der Waals surface area contributed by atoms with Crippen molar-refractivity contribution in [3.8, 4) is 0 Å². The van der Waals surface area contributed by atoms with Crippen LogP contribution in [0.5, 0.6) is 0 Å². The second kappa shape index (κ2) is 4.01. The van der Waals surface area contributed by atoms with Crippen LogP contribution in [-0.2, 0) is 9.59 Å². The van der Waals surface area contributed by atoms with Gasteiger partial charge in [0.1, 0.15) is 0 Å². The molecule has 0 radical (unpaired) electrons. The second-order valence-corrected chi connectivity index (χ2v) is 4.49. The Bertz CT molecular complexity index is 351. The van der Waals surface area contributed by atoms with Gasteiger partial charge in [-0.15, -0.1) is 0 Å². The van der Waals surface area contributed by atoms with Crippen LogP contribution in [-0.4, -0.2) is 11.7 Å². The normalized spacial score (nSPS) is 19.8. The summed E-state index contributed by atoms with van der Waals surface area (Å²) >= 11 is 0. The number of ketones is 1. The van der Waals surface area contributed by atoms with Crippen LogP contribution >= 0.6 is 0 Å². The van der Waals surface area contributed by atoms with Gasteiger partial charge in [0.15, 0.2) is 5.78 Å². The molecule has 0 aromatic rings. The summed E-state index contributed by atoms with van der Waals surface area (Å²) in [5, 5.41) is 2.77. The number of carbonyl (C=O) groups excluding carboxylic acids is 2. The lowest BCUT2D eigenvalue weighted by atomic mass is 9.77. The Hall–Kier alpha value is -1.38. The minimum Gasteiger partial charge on any atom is -0.329 e. The van der Waals surface area contributed by atoms with Crippen molar-refractivity contribution in [2.24, 2.45) is 5.41 Å². The number of allylic oxidation sites excluding steroid dienone is 3. The highest BCUT2D eigenvalue weighted by atomic mass is 16.1. The SMILES string of the molecule is C=C1CC(C)(C)C(NC(=O)CC)=CC1=O. The maximum Gasteiger partial charge on any atom is 0.223 e. The van der Waals surface area contributed by atoms with Crippen LogP contribution in [0.25, 0.3) is 0 Å². The van der Waals surface area contributed by atoms with Crippen LogP contribution < -0.4 is 5.32 Å². The zero-order chi connectivity index (χ0) is 11.6. The highest BCUT2D eigenvalue weighted by Crippen LogP contribution is 2.35. The molecular weight excluding hydrogens is 190 g/mol. The lowest BCUT2D eigenvalue weighted by Crippen LogP contribution is -2.35. The molecule has 0 spiro atoms. The Morgan fingerprint density at radius 1 is 1.60 bits per heavy atom. The summed E-state index contributed by atoms with van der Waals surface area (Å²) in [6.45, 7) is 9.49. The van der Waals surface area contributed by atoms with Gasteiger partial charge in [0.2, 0.25) is 5.91 Å². The van der Waals surface area contributed by atoms with Gasteiger partial charge in [0.05, 0.1) is 0 Å². The maximum absolute atomic E-state index is 11.4. The van der Waals surface area contributed by atoms with Crippen LogP contribution in [0.1, 0.15) is 33.6 Å². The van der Waals surface area contributed by atoms with Gasteiger partial charge in [-0.2, -0.15) is 0 Å². The molecule has 0 aromatic carbocycles. The standard InChI is InChI=1S/C12H17NO2/c1-5-11(15)13-10-6-9(14)8(2)7-12(10,3)4/h6H,2,5,7H2,1,3-4H3,(H,13,15). The summed E-state index contributed by atoms with van der Waals surface area (Å²) < 4.78 is 0. The molecule has 1 aliphatic rings. The van der Waals surface area contributed by atoms with Gasteiger partial charge in [0.25, 0.3) is 0 Å². The molecule has 3 nitrogen and oxygen atoms in total. The highest BCUT2D eigenvalue weighted by molar-refractivity contribution is 6.05. The number of hydrogen-bond acceptors (Lipinski definition) is 2. The molecule has 0 fully saturated rings. The van der Waals surface area contributed by atoms with E-state index in [0.717, 1.165) is 0 Å². The highest BCUT2D eigenvalue weighted by Gasteiger charge is 2.31. The third kappa shape index (κ3) is 2.55. The molecule has 1 aliphatic carbocycles. The van der Waals surface area contributed by atoms with E-state index in [2.05, 4.69) is 11.9 Å². The lowest BCUT2D eigenvalue weighted by molar-refractivity contribution is -0.120. The number of carbonyl (C=O) groups is 2.